The number of rotatable bonds is 52. The van der Waals surface area contributed by atoms with E-state index in [9.17, 15) is 34.2 Å². The number of hydrogen-bond acceptors (Lipinski definition) is 25. The zero-order valence-corrected chi connectivity index (χ0v) is 79.5. The quantitative estimate of drug-likeness (QED) is 0.0105. The van der Waals surface area contributed by atoms with Gasteiger partial charge in [0, 0.05) is 30.2 Å². The average Bonchev–Trinajstić information content (AvgIpc) is 0.866. The standard InChI is InChI=1S/C20H34N2O3.C20H33NO4.2C19H32N2O3.C19H31NO4/c1-6-12-24-19-13-16(10-11-17(19)21)20(23)25-14-18(15(5)7-2)22(8-3)9-4;1-6-12-24-19-13-16(10-11-18(19)22)20(23)25-14-17(15(5)7-2)21(8-3)9-4;2*1-6-8-11-23-18-12-15(9-10-16(18)20)19(22)24-13-17(21(4)5)14(3)7-2;1-6-8-11-23-18-12-15(9-10-17(18)21)19(22)24-13-16(20(4)5)14(3)7-2/h10-11,13,15,18H,6-9,12,14,21H2,1-5H3;10-11,13,15,17,22H,6-9,12,14H2,1-5H3;2*9-10,12,14,17H,6-8,11,13,20H2,1-5H3;9-10,12,14,16,21H,6-8,11,13H2,1-5H3/t15?,18-;15?,17-;2*14?,17-;14?,16-/m00100/s1. The molecule has 0 aliphatic carbocycles. The lowest BCUT2D eigenvalue weighted by Gasteiger charge is -2.33. The highest BCUT2D eigenvalue weighted by Crippen LogP contribution is 2.32. The number of aromatic hydroxyl groups is 2. The van der Waals surface area contributed by atoms with E-state index in [1.807, 2.05) is 56.1 Å². The molecule has 25 heteroatoms. The molecule has 0 bridgehead atoms. The van der Waals surface area contributed by atoms with E-state index in [0.717, 1.165) is 110 Å². The van der Waals surface area contributed by atoms with Crippen LogP contribution in [0.5, 0.6) is 40.2 Å². The van der Waals surface area contributed by atoms with Crippen molar-refractivity contribution in [3.63, 3.8) is 0 Å². The number of hydrogen-bond donors (Lipinski definition) is 5. The molecule has 0 aromatic heterocycles. The van der Waals surface area contributed by atoms with Crippen molar-refractivity contribution in [2.24, 2.45) is 29.6 Å². The number of esters is 5. The molecule has 10 atom stereocenters. The van der Waals surface area contributed by atoms with Gasteiger partial charge >= 0.3 is 29.8 Å². The summed E-state index contributed by atoms with van der Waals surface area (Å²) in [5.74, 6) is 2.77. The van der Waals surface area contributed by atoms with Crippen molar-refractivity contribution >= 4 is 46.9 Å². The Labute approximate surface area is 734 Å². The summed E-state index contributed by atoms with van der Waals surface area (Å²) in [5, 5.41) is 19.6. The number of benzene rings is 5. The van der Waals surface area contributed by atoms with Crippen LogP contribution in [0.25, 0.3) is 0 Å². The normalized spacial score (nSPS) is 13.6. The van der Waals surface area contributed by atoms with Gasteiger partial charge in [-0.1, -0.05) is 183 Å². The molecular formula is C97H162N8O17. The number of likely N-dealkylation sites (N-methyl/N-ethyl adjacent to an activating group) is 5. The van der Waals surface area contributed by atoms with Crippen molar-refractivity contribution in [3.8, 4) is 40.2 Å². The third-order valence-electron chi connectivity index (χ3n) is 22.3. The topological polar surface area (TPSA) is 312 Å². The van der Waals surface area contributed by atoms with Crippen LogP contribution in [0.15, 0.2) is 91.0 Å². The second-order valence-electron chi connectivity index (χ2n) is 32.0. The number of unbranched alkanes of at least 4 members (excludes halogenated alkanes) is 3. The molecule has 0 aliphatic heterocycles. The number of nitrogens with two attached hydrogens (primary N) is 3. The first kappa shape index (κ1) is 111. The fourth-order valence-electron chi connectivity index (χ4n) is 13.0. The van der Waals surface area contributed by atoms with Crippen LogP contribution < -0.4 is 40.9 Å². The molecule has 0 saturated heterocycles. The number of carbonyl (C=O) groups excluding carboxylic acids is 5. The molecule has 5 aromatic rings. The minimum Gasteiger partial charge on any atom is -0.504 e. The van der Waals surface area contributed by atoms with E-state index in [1.165, 1.54) is 12.1 Å². The highest BCUT2D eigenvalue weighted by Gasteiger charge is 2.29. The highest BCUT2D eigenvalue weighted by molar-refractivity contribution is 5.93. The van der Waals surface area contributed by atoms with Crippen molar-refractivity contribution < 1.29 is 81.6 Å². The van der Waals surface area contributed by atoms with Crippen molar-refractivity contribution in [3.05, 3.63) is 119 Å². The highest BCUT2D eigenvalue weighted by atomic mass is 16.6. The van der Waals surface area contributed by atoms with Crippen LogP contribution in [0.4, 0.5) is 17.1 Å². The fraction of sp³-hybridized carbons (Fsp3) is 0.639. The van der Waals surface area contributed by atoms with Crippen LogP contribution in [0.2, 0.25) is 0 Å². The van der Waals surface area contributed by atoms with Gasteiger partial charge in [0.2, 0.25) is 0 Å². The van der Waals surface area contributed by atoms with Crippen molar-refractivity contribution in [1.82, 2.24) is 24.5 Å². The molecule has 5 unspecified atom stereocenters. The van der Waals surface area contributed by atoms with Gasteiger partial charge in [-0.15, -0.1) is 0 Å². The van der Waals surface area contributed by atoms with Gasteiger partial charge in [0.15, 0.2) is 23.0 Å². The lowest BCUT2D eigenvalue weighted by atomic mass is 9.98. The van der Waals surface area contributed by atoms with Crippen LogP contribution in [0.3, 0.4) is 0 Å². The van der Waals surface area contributed by atoms with Gasteiger partial charge in [-0.2, -0.15) is 0 Å². The van der Waals surface area contributed by atoms with E-state index in [2.05, 4.69) is 142 Å². The summed E-state index contributed by atoms with van der Waals surface area (Å²) in [6.07, 6.45) is 12.8. The lowest BCUT2D eigenvalue weighted by molar-refractivity contribution is 0.0265. The molecule has 0 amide bonds. The maximum atomic E-state index is 12.5. The van der Waals surface area contributed by atoms with E-state index in [4.69, 9.17) is 64.6 Å². The molecule has 0 heterocycles. The summed E-state index contributed by atoms with van der Waals surface area (Å²) in [4.78, 5) is 72.8. The largest absolute Gasteiger partial charge is 0.504 e. The third kappa shape index (κ3) is 40.7. The van der Waals surface area contributed by atoms with Gasteiger partial charge in [0.1, 0.15) is 50.3 Å². The van der Waals surface area contributed by atoms with Gasteiger partial charge in [-0.3, -0.25) is 9.80 Å². The molecule has 0 fully saturated rings. The number of nitrogens with zero attached hydrogens (tertiary/aromatic N) is 5. The Balaban J connectivity index is 0.000000763. The molecule has 692 valence electrons. The molecule has 25 nitrogen and oxygen atoms in total. The first-order valence-corrected chi connectivity index (χ1v) is 45.0. The zero-order valence-electron chi connectivity index (χ0n) is 79.5. The predicted molar refractivity (Wildman–Crippen MR) is 496 cm³/mol. The maximum absolute atomic E-state index is 12.5. The van der Waals surface area contributed by atoms with Gasteiger partial charge < -0.3 is 89.5 Å². The van der Waals surface area contributed by atoms with Crippen LogP contribution in [0, 0.1) is 29.6 Å². The Bertz CT molecular complexity index is 3390. The Hall–Kier alpha value is -8.75. The Morgan fingerprint density at radius 2 is 0.500 bits per heavy atom. The van der Waals surface area contributed by atoms with Gasteiger partial charge in [-0.25, -0.2) is 24.0 Å². The van der Waals surface area contributed by atoms with Crippen molar-refractivity contribution in [1.29, 1.82) is 0 Å². The summed E-state index contributed by atoms with van der Waals surface area (Å²) in [6.45, 7) is 48.7. The number of anilines is 3. The Kier molecular flexibility index (Phi) is 57.6. The van der Waals surface area contributed by atoms with Gasteiger partial charge in [-0.05, 0) is 221 Å². The average molecular weight is 1710 g/mol. The van der Waals surface area contributed by atoms with Gasteiger partial charge in [0.25, 0.3) is 0 Å². The second-order valence-corrected chi connectivity index (χ2v) is 32.0. The van der Waals surface area contributed by atoms with Crippen LogP contribution >= 0.6 is 0 Å². The zero-order chi connectivity index (χ0) is 92.0. The van der Waals surface area contributed by atoms with Gasteiger partial charge in [0.05, 0.1) is 77.9 Å². The predicted octanol–water partition coefficient (Wildman–Crippen LogP) is 18.9. The Morgan fingerprint density at radius 1 is 0.295 bits per heavy atom. The first-order valence-electron chi connectivity index (χ1n) is 45.0. The molecule has 122 heavy (non-hydrogen) atoms. The number of phenols is 2. The van der Waals surface area contributed by atoms with E-state index in [-0.39, 0.29) is 65.6 Å². The number of nitrogen functional groups attached to an aromatic ring is 3. The molecular weight excluding hydrogens is 1550 g/mol. The number of carbonyl (C=O) groups is 5. The SMILES string of the molecule is CCCCOc1cc(C(=O)OC[C@@H](C(C)CC)N(C)C)ccc1N.CCCCOc1cc(C(=O)OC[C@@H](C(C)CC)N(C)C)ccc1O.CCCCOc1cc(C(=O)OC[C@H](C(C)CC)N(C)C)ccc1N.CCCOc1cc(C(=O)OC[C@@H](C(C)CC)N(CC)CC)ccc1N.CCCOc1cc(C(=O)OC[C@@H](C(C)CC)N(CC)CC)ccc1O. The van der Waals surface area contributed by atoms with E-state index in [0.29, 0.717) is 169 Å². The maximum Gasteiger partial charge on any atom is 0.338 e. The van der Waals surface area contributed by atoms with Crippen LogP contribution in [-0.2, 0) is 23.7 Å². The monoisotopic (exact) mass is 1710 g/mol. The Morgan fingerprint density at radius 3 is 0.721 bits per heavy atom. The second kappa shape index (κ2) is 63.2. The fourth-order valence-corrected chi connectivity index (χ4v) is 13.0. The van der Waals surface area contributed by atoms with Crippen LogP contribution in [0.1, 0.15) is 267 Å². The smallest absolute Gasteiger partial charge is 0.338 e. The summed E-state index contributed by atoms with van der Waals surface area (Å²) in [7, 11) is 12.0. The minimum absolute atomic E-state index is 0.0330. The summed E-state index contributed by atoms with van der Waals surface area (Å²) >= 11 is 0. The molecule has 0 radical (unpaired) electrons. The molecule has 0 saturated carbocycles. The number of phenolic OH excluding ortho intramolecular Hbond substituents is 2. The van der Waals surface area contributed by atoms with E-state index in [1.54, 1.807) is 78.9 Å². The summed E-state index contributed by atoms with van der Waals surface area (Å²) < 4.78 is 55.6. The lowest BCUT2D eigenvalue weighted by Crippen LogP contribution is -2.43. The summed E-state index contributed by atoms with van der Waals surface area (Å²) in [6, 6.07) is 25.3. The molecule has 0 spiro atoms. The van der Waals surface area contributed by atoms with Crippen molar-refractivity contribution in [2.75, 3.05) is 152 Å². The summed E-state index contributed by atoms with van der Waals surface area (Å²) in [5.41, 5.74) is 21.5. The van der Waals surface area contributed by atoms with Crippen molar-refractivity contribution in [2.45, 2.75) is 245 Å². The molecule has 0 aliphatic rings. The van der Waals surface area contributed by atoms with E-state index >= 15 is 0 Å². The minimum atomic E-state index is -0.398. The molecule has 5 aromatic carbocycles. The molecule has 8 N–H and O–H groups in total. The van der Waals surface area contributed by atoms with E-state index < -0.39 is 5.97 Å². The third-order valence-corrected chi connectivity index (χ3v) is 22.3. The molecule has 5 rings (SSSR count). The van der Waals surface area contributed by atoms with Crippen LogP contribution in [-0.4, -0.2) is 229 Å². The number of ether oxygens (including phenoxy) is 10. The first-order chi connectivity index (χ1) is 58.2.